The summed E-state index contributed by atoms with van der Waals surface area (Å²) in [5, 5.41) is 3.72. The number of amides is 1. The van der Waals surface area contributed by atoms with Gasteiger partial charge in [-0.3, -0.25) is 9.69 Å². The molecule has 2 aromatic carbocycles. The molecule has 1 N–H and O–H groups in total. The van der Waals surface area contributed by atoms with Gasteiger partial charge in [0, 0.05) is 44.8 Å². The third-order valence-electron chi connectivity index (χ3n) is 4.38. The monoisotopic (exact) mass is 377 g/mol. The molecule has 1 aliphatic heterocycles. The molecule has 0 aromatic heterocycles. The second-order valence-electron chi connectivity index (χ2n) is 6.06. The molecule has 4 nitrogen and oxygen atoms in total. The molecule has 2 aromatic rings. The SMILES string of the molecule is O=C(CCN1CCN(c2ccccc2)CC1)Nc1c(Cl)cccc1Cl. The van der Waals surface area contributed by atoms with Crippen molar-refractivity contribution in [3.63, 3.8) is 0 Å². The highest BCUT2D eigenvalue weighted by molar-refractivity contribution is 6.39. The van der Waals surface area contributed by atoms with Crippen LogP contribution in [-0.2, 0) is 4.79 Å². The first-order valence-corrected chi connectivity index (χ1v) is 9.15. The lowest BCUT2D eigenvalue weighted by atomic mass is 10.2. The number of benzene rings is 2. The van der Waals surface area contributed by atoms with E-state index in [0.29, 0.717) is 22.2 Å². The zero-order valence-electron chi connectivity index (χ0n) is 13.9. The number of piperazine rings is 1. The Hall–Kier alpha value is -1.75. The van der Waals surface area contributed by atoms with Crippen LogP contribution in [0.25, 0.3) is 0 Å². The number of carbonyl (C=O) groups excluding carboxylic acids is 1. The summed E-state index contributed by atoms with van der Waals surface area (Å²) >= 11 is 12.2. The van der Waals surface area contributed by atoms with Crippen molar-refractivity contribution in [2.24, 2.45) is 0 Å². The maximum atomic E-state index is 12.2. The highest BCUT2D eigenvalue weighted by Gasteiger charge is 2.18. The minimum Gasteiger partial charge on any atom is -0.369 e. The van der Waals surface area contributed by atoms with Gasteiger partial charge in [0.1, 0.15) is 0 Å². The van der Waals surface area contributed by atoms with E-state index in [1.54, 1.807) is 18.2 Å². The standard InChI is InChI=1S/C19H21Cl2N3O/c20-16-7-4-8-17(21)19(16)22-18(25)9-10-23-11-13-24(14-12-23)15-5-2-1-3-6-15/h1-8H,9-14H2,(H,22,25). The zero-order valence-corrected chi connectivity index (χ0v) is 15.4. The molecule has 132 valence electrons. The van der Waals surface area contributed by atoms with E-state index >= 15 is 0 Å². The summed E-state index contributed by atoms with van der Waals surface area (Å²) in [5.74, 6) is -0.0690. The Kier molecular flexibility index (Phi) is 6.19. The quantitative estimate of drug-likeness (QED) is 0.849. The molecular formula is C19H21Cl2N3O. The summed E-state index contributed by atoms with van der Waals surface area (Å²) in [6.45, 7) is 4.59. The van der Waals surface area contributed by atoms with Gasteiger partial charge in [0.05, 0.1) is 15.7 Å². The fraction of sp³-hybridized carbons (Fsp3) is 0.316. The highest BCUT2D eigenvalue weighted by atomic mass is 35.5. The Balaban J connectivity index is 1.45. The minimum absolute atomic E-state index is 0.0690. The van der Waals surface area contributed by atoms with Crippen LogP contribution in [0.2, 0.25) is 10.0 Å². The van der Waals surface area contributed by atoms with Gasteiger partial charge in [-0.2, -0.15) is 0 Å². The molecule has 1 heterocycles. The van der Waals surface area contributed by atoms with Crippen molar-refractivity contribution in [3.8, 4) is 0 Å². The van der Waals surface area contributed by atoms with E-state index in [1.165, 1.54) is 5.69 Å². The topological polar surface area (TPSA) is 35.6 Å². The lowest BCUT2D eigenvalue weighted by Crippen LogP contribution is -2.47. The van der Waals surface area contributed by atoms with Gasteiger partial charge in [-0.15, -0.1) is 0 Å². The predicted octanol–water partition coefficient (Wildman–Crippen LogP) is 4.14. The fourth-order valence-corrected chi connectivity index (χ4v) is 3.44. The van der Waals surface area contributed by atoms with E-state index in [9.17, 15) is 4.79 Å². The number of para-hydroxylation sites is 2. The van der Waals surface area contributed by atoms with Gasteiger partial charge >= 0.3 is 0 Å². The van der Waals surface area contributed by atoms with Gasteiger partial charge < -0.3 is 10.2 Å². The number of carbonyl (C=O) groups is 1. The maximum Gasteiger partial charge on any atom is 0.225 e. The van der Waals surface area contributed by atoms with E-state index < -0.39 is 0 Å². The lowest BCUT2D eigenvalue weighted by Gasteiger charge is -2.36. The Bertz CT molecular complexity index is 696. The Morgan fingerprint density at radius 3 is 2.20 bits per heavy atom. The largest absolute Gasteiger partial charge is 0.369 e. The molecule has 0 spiro atoms. The van der Waals surface area contributed by atoms with Gasteiger partial charge in [-0.25, -0.2) is 0 Å². The summed E-state index contributed by atoms with van der Waals surface area (Å²) in [4.78, 5) is 16.9. The van der Waals surface area contributed by atoms with Crippen molar-refractivity contribution in [1.82, 2.24) is 4.90 Å². The van der Waals surface area contributed by atoms with E-state index in [4.69, 9.17) is 23.2 Å². The van der Waals surface area contributed by atoms with Crippen LogP contribution in [0.3, 0.4) is 0 Å². The molecule has 0 radical (unpaired) electrons. The molecular weight excluding hydrogens is 357 g/mol. The summed E-state index contributed by atoms with van der Waals surface area (Å²) in [7, 11) is 0. The average molecular weight is 378 g/mol. The van der Waals surface area contributed by atoms with Crippen LogP contribution < -0.4 is 10.2 Å². The molecule has 1 aliphatic rings. The van der Waals surface area contributed by atoms with Gasteiger partial charge in [0.25, 0.3) is 0 Å². The van der Waals surface area contributed by atoms with Crippen molar-refractivity contribution in [3.05, 3.63) is 58.6 Å². The Morgan fingerprint density at radius 2 is 1.56 bits per heavy atom. The number of nitrogens with zero attached hydrogens (tertiary/aromatic N) is 2. The normalized spacial score (nSPS) is 15.2. The van der Waals surface area contributed by atoms with Crippen LogP contribution in [0, 0.1) is 0 Å². The lowest BCUT2D eigenvalue weighted by molar-refractivity contribution is -0.116. The zero-order chi connectivity index (χ0) is 17.6. The first-order chi connectivity index (χ1) is 12.1. The van der Waals surface area contributed by atoms with Crippen molar-refractivity contribution in [1.29, 1.82) is 0 Å². The number of hydrogen-bond donors (Lipinski definition) is 1. The first-order valence-electron chi connectivity index (χ1n) is 8.40. The summed E-state index contributed by atoms with van der Waals surface area (Å²) < 4.78 is 0. The molecule has 0 saturated carbocycles. The first kappa shape index (κ1) is 18.1. The number of nitrogens with one attached hydrogen (secondary N) is 1. The highest BCUT2D eigenvalue weighted by Crippen LogP contribution is 2.29. The van der Waals surface area contributed by atoms with Gasteiger partial charge in [-0.1, -0.05) is 47.5 Å². The number of hydrogen-bond acceptors (Lipinski definition) is 3. The van der Waals surface area contributed by atoms with Gasteiger partial charge in [0.15, 0.2) is 0 Å². The molecule has 1 saturated heterocycles. The third-order valence-corrected chi connectivity index (χ3v) is 5.01. The minimum atomic E-state index is -0.0690. The van der Waals surface area contributed by atoms with E-state index in [1.807, 2.05) is 6.07 Å². The van der Waals surface area contributed by atoms with Gasteiger partial charge in [-0.05, 0) is 24.3 Å². The smallest absolute Gasteiger partial charge is 0.225 e. The molecule has 1 fully saturated rings. The number of anilines is 2. The number of rotatable bonds is 5. The van der Waals surface area contributed by atoms with Crippen molar-refractivity contribution < 1.29 is 4.79 Å². The molecule has 0 unspecified atom stereocenters. The van der Waals surface area contributed by atoms with Crippen LogP contribution in [0.5, 0.6) is 0 Å². The molecule has 1 amide bonds. The van der Waals surface area contributed by atoms with E-state index in [0.717, 1.165) is 32.7 Å². The maximum absolute atomic E-state index is 12.2. The van der Waals surface area contributed by atoms with Crippen LogP contribution in [-0.4, -0.2) is 43.5 Å². The second kappa shape index (κ2) is 8.56. The molecule has 0 atom stereocenters. The summed E-state index contributed by atoms with van der Waals surface area (Å²) in [5.41, 5.74) is 1.75. The van der Waals surface area contributed by atoms with Crippen LogP contribution in [0.1, 0.15) is 6.42 Å². The van der Waals surface area contributed by atoms with E-state index in [-0.39, 0.29) is 5.91 Å². The molecule has 0 bridgehead atoms. The number of halogens is 2. The second-order valence-corrected chi connectivity index (χ2v) is 6.87. The molecule has 3 rings (SSSR count). The molecule has 0 aliphatic carbocycles. The van der Waals surface area contributed by atoms with Gasteiger partial charge in [0.2, 0.25) is 5.91 Å². The van der Waals surface area contributed by atoms with E-state index in [2.05, 4.69) is 39.4 Å². The summed E-state index contributed by atoms with van der Waals surface area (Å²) in [6, 6.07) is 15.6. The van der Waals surface area contributed by atoms with Crippen molar-refractivity contribution in [2.75, 3.05) is 42.9 Å². The van der Waals surface area contributed by atoms with Crippen molar-refractivity contribution in [2.45, 2.75) is 6.42 Å². The third kappa shape index (κ3) is 4.88. The Morgan fingerprint density at radius 1 is 0.920 bits per heavy atom. The van der Waals surface area contributed by atoms with Crippen LogP contribution in [0.15, 0.2) is 48.5 Å². The van der Waals surface area contributed by atoms with Crippen molar-refractivity contribution >= 4 is 40.5 Å². The van der Waals surface area contributed by atoms with Crippen LogP contribution in [0.4, 0.5) is 11.4 Å². The Labute approximate surface area is 158 Å². The fourth-order valence-electron chi connectivity index (χ4n) is 2.95. The van der Waals surface area contributed by atoms with Crippen LogP contribution >= 0.6 is 23.2 Å². The molecule has 6 heteroatoms. The summed E-state index contributed by atoms with van der Waals surface area (Å²) in [6.07, 6.45) is 0.424. The predicted molar refractivity (Wildman–Crippen MR) is 105 cm³/mol. The average Bonchev–Trinajstić information content (AvgIpc) is 2.64. The molecule has 25 heavy (non-hydrogen) atoms.